The molecule has 3 atom stereocenters. The molecule has 0 heterocycles. The van der Waals surface area contributed by atoms with E-state index in [1.807, 2.05) is 0 Å². The van der Waals surface area contributed by atoms with Gasteiger partial charge in [-0.1, -0.05) is 0 Å². The van der Waals surface area contributed by atoms with Gasteiger partial charge in [0.25, 0.3) is 0 Å². The minimum absolute atomic E-state index is 0.302. The lowest BCUT2D eigenvalue weighted by atomic mass is 10.3. The van der Waals surface area contributed by atoms with Crippen molar-refractivity contribution >= 4 is 28.6 Å². The zero-order valence-electron chi connectivity index (χ0n) is 9.85. The van der Waals surface area contributed by atoms with Gasteiger partial charge < -0.3 is 15.7 Å². The fourth-order valence-electron chi connectivity index (χ4n) is 1.05. The van der Waals surface area contributed by atoms with Crippen LogP contribution in [-0.4, -0.2) is 51.2 Å². The van der Waals surface area contributed by atoms with Crippen molar-refractivity contribution in [1.29, 1.82) is 0 Å². The van der Waals surface area contributed by atoms with Crippen LogP contribution < -0.4 is 10.6 Å². The number of hydrogen-bond acceptors (Lipinski definition) is 4. The van der Waals surface area contributed by atoms with Crippen LogP contribution in [0.1, 0.15) is 13.8 Å². The van der Waals surface area contributed by atoms with Gasteiger partial charge in [-0.3, -0.25) is 13.8 Å². The summed E-state index contributed by atoms with van der Waals surface area (Å²) in [7, 11) is -0.268. The Morgan fingerprint density at radius 3 is 2.24 bits per heavy atom. The first-order chi connectivity index (χ1) is 7.79. The van der Waals surface area contributed by atoms with Gasteiger partial charge in [-0.05, 0) is 6.92 Å². The molecule has 0 radical (unpaired) electrons. The molecule has 0 saturated heterocycles. The summed E-state index contributed by atoms with van der Waals surface area (Å²) in [6, 6.07) is -1.25. The van der Waals surface area contributed by atoms with Crippen LogP contribution in [0.15, 0.2) is 0 Å². The highest BCUT2D eigenvalue weighted by atomic mass is 32.2. The molecule has 0 aromatic rings. The molecule has 0 aliphatic heterocycles. The van der Waals surface area contributed by atoms with Crippen molar-refractivity contribution < 1.29 is 23.7 Å². The van der Waals surface area contributed by atoms with Crippen molar-refractivity contribution in [3.05, 3.63) is 0 Å². The Morgan fingerprint density at radius 1 is 1.35 bits per heavy atom. The van der Waals surface area contributed by atoms with Crippen molar-refractivity contribution in [3.63, 3.8) is 0 Å². The van der Waals surface area contributed by atoms with Crippen molar-refractivity contribution in [2.45, 2.75) is 25.1 Å². The molecule has 0 aromatic heterocycles. The van der Waals surface area contributed by atoms with E-state index < -0.39 is 39.9 Å². The van der Waals surface area contributed by atoms with Gasteiger partial charge in [0, 0.05) is 24.8 Å². The third-order valence-electron chi connectivity index (χ3n) is 2.02. The lowest BCUT2D eigenvalue weighted by molar-refractivity contribution is -0.140. The Labute approximate surface area is 101 Å². The summed E-state index contributed by atoms with van der Waals surface area (Å²) in [6.45, 7) is 2.60. The van der Waals surface area contributed by atoms with Crippen LogP contribution in [-0.2, 0) is 25.2 Å². The van der Waals surface area contributed by atoms with Crippen LogP contribution in [0, 0.1) is 0 Å². The van der Waals surface area contributed by atoms with Crippen molar-refractivity contribution in [3.8, 4) is 0 Å². The number of carboxylic acid groups (broad SMARTS) is 1. The summed E-state index contributed by atoms with van der Waals surface area (Å²) in [5, 5.41) is 12.5. The Morgan fingerprint density at radius 2 is 1.88 bits per heavy atom. The fourth-order valence-corrected chi connectivity index (χ4v) is 2.25. The Bertz CT molecular complexity index is 344. The average molecular weight is 264 g/mol. The van der Waals surface area contributed by atoms with E-state index in [0.717, 1.165) is 0 Å². The van der Waals surface area contributed by atoms with Crippen molar-refractivity contribution in [2.24, 2.45) is 0 Å². The molecule has 0 fully saturated rings. The summed E-state index contributed by atoms with van der Waals surface area (Å²) in [4.78, 5) is 32.7. The fraction of sp³-hybridized carbons (Fsp3) is 0.667. The van der Waals surface area contributed by atoms with E-state index in [9.17, 15) is 18.6 Å². The molecule has 17 heavy (non-hydrogen) atoms. The minimum atomic E-state index is -1.67. The minimum Gasteiger partial charge on any atom is -0.480 e. The molecule has 0 saturated carbocycles. The van der Waals surface area contributed by atoms with E-state index in [2.05, 4.69) is 10.6 Å². The maximum absolute atomic E-state index is 11.7. The Kier molecular flexibility index (Phi) is 6.40. The second-order valence-corrected chi connectivity index (χ2v) is 5.20. The predicted octanol–water partition coefficient (Wildman–Crippen LogP) is -1.54. The highest BCUT2D eigenvalue weighted by molar-refractivity contribution is 7.86. The van der Waals surface area contributed by atoms with Gasteiger partial charge in [-0.25, -0.2) is 4.79 Å². The van der Waals surface area contributed by atoms with Gasteiger partial charge in [0.1, 0.15) is 11.3 Å². The van der Waals surface area contributed by atoms with Gasteiger partial charge >= 0.3 is 5.97 Å². The molecule has 0 spiro atoms. The number of carbonyl (C=O) groups is 3. The molecular formula is C9H16N2O5S. The van der Waals surface area contributed by atoms with Gasteiger partial charge in [0.15, 0.2) is 0 Å². The monoisotopic (exact) mass is 264 g/mol. The molecule has 0 aliphatic rings. The van der Waals surface area contributed by atoms with Gasteiger partial charge in [0.05, 0.1) is 5.75 Å². The quantitative estimate of drug-likeness (QED) is 0.538. The highest BCUT2D eigenvalue weighted by Gasteiger charge is 2.26. The van der Waals surface area contributed by atoms with Crippen LogP contribution in [0.25, 0.3) is 0 Å². The van der Waals surface area contributed by atoms with E-state index in [1.54, 1.807) is 0 Å². The van der Waals surface area contributed by atoms with Crippen LogP contribution in [0.4, 0.5) is 0 Å². The summed E-state index contributed by atoms with van der Waals surface area (Å²) in [5.74, 6) is -2.54. The van der Waals surface area contributed by atoms with Crippen molar-refractivity contribution in [1.82, 2.24) is 10.6 Å². The molecule has 2 unspecified atom stereocenters. The first kappa shape index (κ1) is 15.6. The Hall–Kier alpha value is -1.44. The molecule has 7 nitrogen and oxygen atoms in total. The SMILES string of the molecule is CNC(=O)C(C)S(=O)C[C@H](NC(C)=O)C(=O)O. The molecule has 98 valence electrons. The Balaban J connectivity index is 4.55. The molecule has 0 rings (SSSR count). The molecule has 3 N–H and O–H groups in total. The number of carbonyl (C=O) groups excluding carboxylic acids is 2. The summed E-state index contributed by atoms with van der Waals surface area (Å²) < 4.78 is 11.7. The molecule has 0 bridgehead atoms. The highest BCUT2D eigenvalue weighted by Crippen LogP contribution is 2.00. The topological polar surface area (TPSA) is 113 Å². The smallest absolute Gasteiger partial charge is 0.327 e. The summed E-state index contributed by atoms with van der Waals surface area (Å²) in [6.07, 6.45) is 0. The zero-order chi connectivity index (χ0) is 13.6. The van der Waals surface area contributed by atoms with E-state index in [-0.39, 0.29) is 5.75 Å². The lowest BCUT2D eigenvalue weighted by Crippen LogP contribution is -2.46. The third-order valence-corrected chi connectivity index (χ3v) is 3.68. The van der Waals surface area contributed by atoms with Crippen LogP contribution in [0.5, 0.6) is 0 Å². The summed E-state index contributed by atoms with van der Waals surface area (Å²) >= 11 is 0. The third kappa shape index (κ3) is 5.43. The number of carboxylic acids is 1. The van der Waals surface area contributed by atoms with Gasteiger partial charge in [-0.2, -0.15) is 0 Å². The van der Waals surface area contributed by atoms with E-state index >= 15 is 0 Å². The second kappa shape index (κ2) is 7.00. The normalized spacial score (nSPS) is 15.5. The maximum atomic E-state index is 11.7. The summed E-state index contributed by atoms with van der Waals surface area (Å²) in [5.41, 5.74) is 0. The standard InChI is InChI=1S/C9H16N2O5S/c1-5(8(13)10-3)17(16)4-7(9(14)15)11-6(2)12/h5,7H,4H2,1-3H3,(H,10,13)(H,11,12)(H,14,15)/t5?,7-,17?/m0/s1. The average Bonchev–Trinajstić information content (AvgIpc) is 2.25. The molecule has 2 amide bonds. The predicted molar refractivity (Wildman–Crippen MR) is 61.8 cm³/mol. The van der Waals surface area contributed by atoms with Crippen LogP contribution >= 0.6 is 0 Å². The number of rotatable bonds is 6. The zero-order valence-corrected chi connectivity index (χ0v) is 10.7. The van der Waals surface area contributed by atoms with Gasteiger partial charge in [0.2, 0.25) is 11.8 Å². The number of amides is 2. The second-order valence-electron chi connectivity index (χ2n) is 3.40. The van der Waals surface area contributed by atoms with Crippen molar-refractivity contribution in [2.75, 3.05) is 12.8 Å². The molecule has 0 aliphatic carbocycles. The lowest BCUT2D eigenvalue weighted by Gasteiger charge is -2.15. The molecule has 8 heteroatoms. The largest absolute Gasteiger partial charge is 0.480 e. The van der Waals surface area contributed by atoms with Gasteiger partial charge in [-0.15, -0.1) is 0 Å². The maximum Gasteiger partial charge on any atom is 0.327 e. The molecular weight excluding hydrogens is 248 g/mol. The number of nitrogens with one attached hydrogen (secondary N) is 2. The van der Waals surface area contributed by atoms with E-state index in [0.29, 0.717) is 0 Å². The number of hydrogen-bond donors (Lipinski definition) is 3. The number of aliphatic carboxylic acids is 1. The molecule has 0 aromatic carbocycles. The first-order valence-corrected chi connectivity index (χ1v) is 6.26. The van der Waals surface area contributed by atoms with Crippen LogP contribution in [0.2, 0.25) is 0 Å². The van der Waals surface area contributed by atoms with E-state index in [4.69, 9.17) is 5.11 Å². The van der Waals surface area contributed by atoms with E-state index in [1.165, 1.54) is 20.9 Å². The first-order valence-electron chi connectivity index (χ1n) is 4.88. The van der Waals surface area contributed by atoms with Crippen LogP contribution in [0.3, 0.4) is 0 Å².